The number of amides is 1. The Labute approximate surface area is 226 Å². The van der Waals surface area contributed by atoms with E-state index >= 15 is 0 Å². The number of nitrogens with zero attached hydrogens (tertiary/aromatic N) is 4. The molecule has 1 saturated heterocycles. The standard InChI is InChI=1S/C28H27FN6O3S/c1-20(36)31-23-6-2-21(3-7-23)27-14-15-30-28(33-27)32-24-8-10-25(11-9-24)34-16-18-35(19-17-34)39(37,38)26-12-4-22(29)5-13-26/h2-15H,16-19H2,1H3,(H,31,36)(H,30,32,33). The molecule has 0 saturated carbocycles. The monoisotopic (exact) mass is 546 g/mol. The molecule has 200 valence electrons. The number of hydrogen-bond acceptors (Lipinski definition) is 7. The molecule has 0 atom stereocenters. The summed E-state index contributed by atoms with van der Waals surface area (Å²) in [5.41, 5.74) is 4.15. The predicted molar refractivity (Wildman–Crippen MR) is 149 cm³/mol. The van der Waals surface area contributed by atoms with Gasteiger partial charge in [-0.1, -0.05) is 12.1 Å². The van der Waals surface area contributed by atoms with Crippen LogP contribution in [0.3, 0.4) is 0 Å². The zero-order valence-electron chi connectivity index (χ0n) is 21.2. The van der Waals surface area contributed by atoms with E-state index in [0.29, 0.717) is 32.1 Å². The fourth-order valence-electron chi connectivity index (χ4n) is 4.33. The van der Waals surface area contributed by atoms with Crippen molar-refractivity contribution in [1.29, 1.82) is 0 Å². The van der Waals surface area contributed by atoms with Crippen LogP contribution in [-0.2, 0) is 14.8 Å². The van der Waals surface area contributed by atoms with Gasteiger partial charge >= 0.3 is 0 Å². The molecule has 2 N–H and O–H groups in total. The van der Waals surface area contributed by atoms with Crippen molar-refractivity contribution in [2.75, 3.05) is 41.7 Å². The number of halogens is 1. The van der Waals surface area contributed by atoms with E-state index < -0.39 is 15.8 Å². The van der Waals surface area contributed by atoms with E-state index in [1.165, 1.54) is 23.4 Å². The van der Waals surface area contributed by atoms with Gasteiger partial charge in [0.25, 0.3) is 0 Å². The third-order valence-electron chi connectivity index (χ3n) is 6.34. The van der Waals surface area contributed by atoms with Gasteiger partial charge in [0, 0.05) is 61.9 Å². The molecule has 1 aliphatic rings. The van der Waals surface area contributed by atoms with Crippen LogP contribution in [0.4, 0.5) is 27.4 Å². The van der Waals surface area contributed by atoms with Crippen LogP contribution in [0.25, 0.3) is 11.3 Å². The SMILES string of the molecule is CC(=O)Nc1ccc(-c2ccnc(Nc3ccc(N4CCN(S(=O)(=O)c5ccc(F)cc5)CC4)cc3)n2)cc1. The van der Waals surface area contributed by atoms with Crippen molar-refractivity contribution < 1.29 is 17.6 Å². The van der Waals surface area contributed by atoms with Crippen LogP contribution in [-0.4, -0.2) is 54.8 Å². The van der Waals surface area contributed by atoms with E-state index in [4.69, 9.17) is 0 Å². The summed E-state index contributed by atoms with van der Waals surface area (Å²) >= 11 is 0. The number of carbonyl (C=O) groups excluding carboxylic acids is 1. The highest BCUT2D eigenvalue weighted by atomic mass is 32.2. The highest BCUT2D eigenvalue weighted by Crippen LogP contribution is 2.25. The number of piperazine rings is 1. The molecule has 1 fully saturated rings. The van der Waals surface area contributed by atoms with Gasteiger partial charge in [-0.05, 0) is 66.7 Å². The Balaban J connectivity index is 1.20. The summed E-state index contributed by atoms with van der Waals surface area (Å²) in [5, 5.41) is 5.96. The Kier molecular flexibility index (Phi) is 7.53. The molecule has 1 amide bonds. The molecule has 0 spiro atoms. The fraction of sp³-hybridized carbons (Fsp3) is 0.179. The number of sulfonamides is 1. The minimum atomic E-state index is -3.66. The summed E-state index contributed by atoms with van der Waals surface area (Å²) in [5.74, 6) is -0.143. The molecule has 0 bridgehead atoms. The van der Waals surface area contributed by atoms with Gasteiger partial charge in [-0.25, -0.2) is 22.8 Å². The number of carbonyl (C=O) groups is 1. The lowest BCUT2D eigenvalue weighted by Crippen LogP contribution is -2.48. The molecule has 2 heterocycles. The van der Waals surface area contributed by atoms with Gasteiger partial charge in [0.15, 0.2) is 0 Å². The summed E-state index contributed by atoms with van der Waals surface area (Å²) in [6, 6.07) is 21.9. The Morgan fingerprint density at radius 1 is 0.846 bits per heavy atom. The summed E-state index contributed by atoms with van der Waals surface area (Å²) in [6.07, 6.45) is 1.68. The van der Waals surface area contributed by atoms with E-state index in [9.17, 15) is 17.6 Å². The number of hydrogen-bond donors (Lipinski definition) is 2. The Hall–Kier alpha value is -4.35. The maximum absolute atomic E-state index is 13.2. The largest absolute Gasteiger partial charge is 0.369 e. The molecule has 39 heavy (non-hydrogen) atoms. The number of rotatable bonds is 7. The molecule has 0 radical (unpaired) electrons. The van der Waals surface area contributed by atoms with E-state index in [-0.39, 0.29) is 10.8 Å². The molecular weight excluding hydrogens is 519 g/mol. The molecule has 3 aromatic carbocycles. The Morgan fingerprint density at radius 2 is 1.49 bits per heavy atom. The van der Waals surface area contributed by atoms with Crippen LogP contribution in [0.15, 0.2) is 90.0 Å². The summed E-state index contributed by atoms with van der Waals surface area (Å²) in [7, 11) is -3.66. The molecule has 1 aliphatic heterocycles. The first-order valence-electron chi connectivity index (χ1n) is 12.4. The maximum Gasteiger partial charge on any atom is 0.243 e. The second kappa shape index (κ2) is 11.2. The van der Waals surface area contributed by atoms with Crippen LogP contribution in [0, 0.1) is 5.82 Å². The fourth-order valence-corrected chi connectivity index (χ4v) is 5.76. The smallest absolute Gasteiger partial charge is 0.243 e. The first-order valence-corrected chi connectivity index (χ1v) is 13.8. The van der Waals surface area contributed by atoms with Crippen molar-refractivity contribution in [3.05, 3.63) is 90.9 Å². The third-order valence-corrected chi connectivity index (χ3v) is 8.25. The number of benzene rings is 3. The summed E-state index contributed by atoms with van der Waals surface area (Å²) < 4.78 is 40.4. The molecule has 11 heteroatoms. The molecule has 0 aliphatic carbocycles. The highest BCUT2D eigenvalue weighted by Gasteiger charge is 2.28. The van der Waals surface area contributed by atoms with Crippen LogP contribution in [0.1, 0.15) is 6.92 Å². The third kappa shape index (κ3) is 6.21. The second-order valence-corrected chi connectivity index (χ2v) is 11.0. The van der Waals surface area contributed by atoms with E-state index in [0.717, 1.165) is 40.5 Å². The van der Waals surface area contributed by atoms with Crippen LogP contribution >= 0.6 is 0 Å². The zero-order chi connectivity index (χ0) is 27.4. The Bertz CT molecular complexity index is 1550. The van der Waals surface area contributed by atoms with Gasteiger partial charge in [-0.15, -0.1) is 0 Å². The highest BCUT2D eigenvalue weighted by molar-refractivity contribution is 7.89. The number of nitrogens with one attached hydrogen (secondary N) is 2. The molecule has 9 nitrogen and oxygen atoms in total. The minimum Gasteiger partial charge on any atom is -0.369 e. The number of anilines is 4. The Morgan fingerprint density at radius 3 is 2.13 bits per heavy atom. The maximum atomic E-state index is 13.2. The van der Waals surface area contributed by atoms with Crippen molar-refractivity contribution in [3.63, 3.8) is 0 Å². The second-order valence-electron chi connectivity index (χ2n) is 9.04. The lowest BCUT2D eigenvalue weighted by atomic mass is 10.1. The van der Waals surface area contributed by atoms with Gasteiger partial charge < -0.3 is 15.5 Å². The van der Waals surface area contributed by atoms with Crippen LogP contribution in [0.5, 0.6) is 0 Å². The predicted octanol–water partition coefficient (Wildman–Crippen LogP) is 4.50. The first kappa shape index (κ1) is 26.3. The van der Waals surface area contributed by atoms with Gasteiger partial charge in [-0.3, -0.25) is 4.79 Å². The lowest BCUT2D eigenvalue weighted by molar-refractivity contribution is -0.114. The lowest BCUT2D eigenvalue weighted by Gasteiger charge is -2.35. The normalized spacial score (nSPS) is 14.2. The van der Waals surface area contributed by atoms with Crippen molar-refractivity contribution in [1.82, 2.24) is 14.3 Å². The van der Waals surface area contributed by atoms with Crippen molar-refractivity contribution in [2.24, 2.45) is 0 Å². The van der Waals surface area contributed by atoms with Gasteiger partial charge in [0.2, 0.25) is 21.9 Å². The summed E-state index contributed by atoms with van der Waals surface area (Å²) in [4.78, 5) is 22.4. The minimum absolute atomic E-state index is 0.0982. The molecule has 5 rings (SSSR count). The van der Waals surface area contributed by atoms with Crippen LogP contribution in [0.2, 0.25) is 0 Å². The zero-order valence-corrected chi connectivity index (χ0v) is 22.0. The van der Waals surface area contributed by atoms with E-state index in [2.05, 4.69) is 25.5 Å². The van der Waals surface area contributed by atoms with E-state index in [1.807, 2.05) is 54.6 Å². The molecular formula is C28H27FN6O3S. The van der Waals surface area contributed by atoms with Crippen molar-refractivity contribution >= 4 is 38.9 Å². The average Bonchev–Trinajstić information content (AvgIpc) is 2.94. The quantitative estimate of drug-likeness (QED) is 0.352. The average molecular weight is 547 g/mol. The van der Waals surface area contributed by atoms with Gasteiger partial charge in [0.1, 0.15) is 5.82 Å². The van der Waals surface area contributed by atoms with Crippen molar-refractivity contribution in [2.45, 2.75) is 11.8 Å². The van der Waals surface area contributed by atoms with Gasteiger partial charge in [-0.2, -0.15) is 4.31 Å². The molecule has 4 aromatic rings. The van der Waals surface area contributed by atoms with Gasteiger partial charge in [0.05, 0.1) is 10.6 Å². The first-order chi connectivity index (χ1) is 18.8. The van der Waals surface area contributed by atoms with E-state index in [1.54, 1.807) is 6.20 Å². The molecule has 1 aromatic heterocycles. The van der Waals surface area contributed by atoms with Crippen LogP contribution < -0.4 is 15.5 Å². The summed E-state index contributed by atoms with van der Waals surface area (Å²) in [6.45, 7) is 3.23. The van der Waals surface area contributed by atoms with Crippen molar-refractivity contribution in [3.8, 4) is 11.3 Å². The topological polar surface area (TPSA) is 108 Å². The molecule has 0 unspecified atom stereocenters. The number of aromatic nitrogens is 2.